The minimum atomic E-state index is -1.38. The molecule has 1 aromatic heterocycles. The molecule has 1 aliphatic heterocycles. The molecule has 0 radical (unpaired) electrons. The van der Waals surface area contributed by atoms with Gasteiger partial charge in [-0.3, -0.25) is 14.2 Å². The third kappa shape index (κ3) is 3.43. The monoisotopic (exact) mass is 417 g/mol. The third-order valence-corrected chi connectivity index (χ3v) is 7.59. The van der Waals surface area contributed by atoms with Gasteiger partial charge in [0.1, 0.15) is 11.0 Å². The molecule has 8 heteroatoms. The molecule has 2 N–H and O–H groups in total. The first-order valence-electron chi connectivity index (χ1n) is 9.90. The Kier molecular flexibility index (Phi) is 4.91. The summed E-state index contributed by atoms with van der Waals surface area (Å²) in [6.07, 6.45) is 4.36. The Bertz CT molecular complexity index is 1050. The molecular weight excluding hydrogens is 390 g/mol. The van der Waals surface area contributed by atoms with E-state index in [-0.39, 0.29) is 29.8 Å². The highest BCUT2D eigenvalue weighted by Crippen LogP contribution is 2.50. The Morgan fingerprint density at radius 2 is 2.00 bits per heavy atom. The molecule has 2 unspecified atom stereocenters. The molecule has 0 amide bonds. The summed E-state index contributed by atoms with van der Waals surface area (Å²) in [4.78, 5) is 25.5. The van der Waals surface area contributed by atoms with Crippen LogP contribution in [0.2, 0.25) is 0 Å². The van der Waals surface area contributed by atoms with Gasteiger partial charge in [0.2, 0.25) is 0 Å². The number of nitrogens with zero attached hydrogens (tertiary/aromatic N) is 2. The number of hydrogen-bond acceptors (Lipinski definition) is 5. The van der Waals surface area contributed by atoms with Crippen LogP contribution in [-0.4, -0.2) is 37.2 Å². The Balaban J connectivity index is 1.65. The van der Waals surface area contributed by atoms with Crippen LogP contribution in [0.4, 0.5) is 0 Å². The van der Waals surface area contributed by atoms with E-state index >= 15 is 0 Å². The largest absolute Gasteiger partial charge is 0.443 e. The molecule has 7 nitrogen and oxygen atoms in total. The number of carbonyl (C=O) groups excluding carboxylic acids is 1. The molecular formula is C21H27N3O4S. The molecule has 1 saturated heterocycles. The summed E-state index contributed by atoms with van der Waals surface area (Å²) in [6, 6.07) is 7.09. The van der Waals surface area contributed by atoms with Gasteiger partial charge in [0.25, 0.3) is 5.56 Å². The average molecular weight is 418 g/mol. The second-order valence-corrected chi connectivity index (χ2v) is 10.3. The molecule has 4 rings (SSSR count). The molecule has 2 aliphatic rings. The molecule has 2 heterocycles. The van der Waals surface area contributed by atoms with Crippen LogP contribution in [0.15, 0.2) is 40.2 Å². The maximum Gasteiger partial charge on any atom is 0.312 e. The molecule has 2 atom stereocenters. The van der Waals surface area contributed by atoms with E-state index in [1.807, 2.05) is 10.4 Å². The zero-order valence-electron chi connectivity index (χ0n) is 17.0. The van der Waals surface area contributed by atoms with E-state index in [1.165, 1.54) is 4.57 Å². The smallest absolute Gasteiger partial charge is 0.312 e. The minimum absolute atomic E-state index is 0.0520. The maximum atomic E-state index is 13.4. The van der Waals surface area contributed by atoms with Crippen LogP contribution in [0.1, 0.15) is 40.0 Å². The molecule has 1 spiro atoms. The molecule has 156 valence electrons. The summed E-state index contributed by atoms with van der Waals surface area (Å²) in [5.74, 6) is -0.376. The van der Waals surface area contributed by atoms with Gasteiger partial charge in [-0.25, -0.2) is 8.51 Å². The molecule has 0 bridgehead atoms. The van der Waals surface area contributed by atoms with Gasteiger partial charge in [0.15, 0.2) is 6.73 Å². The van der Waals surface area contributed by atoms with Gasteiger partial charge >= 0.3 is 5.97 Å². The molecule has 2 aromatic rings. The van der Waals surface area contributed by atoms with E-state index in [0.29, 0.717) is 22.2 Å². The number of rotatable bonds is 4. The Morgan fingerprint density at radius 1 is 1.28 bits per heavy atom. The normalized spacial score (nSPS) is 22.1. The van der Waals surface area contributed by atoms with E-state index in [0.717, 1.165) is 19.3 Å². The fraction of sp³-hybridized carbons (Fsp3) is 0.524. The van der Waals surface area contributed by atoms with Crippen LogP contribution in [0.5, 0.6) is 0 Å². The van der Waals surface area contributed by atoms with Crippen LogP contribution in [0.3, 0.4) is 0 Å². The molecule has 2 fully saturated rings. The van der Waals surface area contributed by atoms with Crippen molar-refractivity contribution in [1.29, 1.82) is 0 Å². The van der Waals surface area contributed by atoms with Crippen LogP contribution in [-0.2, 0) is 27.2 Å². The summed E-state index contributed by atoms with van der Waals surface area (Å²) in [7, 11) is -1.38. The van der Waals surface area contributed by atoms with Gasteiger partial charge in [0.05, 0.1) is 10.3 Å². The number of carbonyl (C=O) groups is 1. The lowest BCUT2D eigenvalue weighted by Crippen LogP contribution is -2.42. The van der Waals surface area contributed by atoms with Crippen LogP contribution in [0, 0.1) is 5.41 Å². The first-order valence-corrected chi connectivity index (χ1v) is 11.0. The zero-order valence-corrected chi connectivity index (χ0v) is 17.8. The van der Waals surface area contributed by atoms with Crippen molar-refractivity contribution >= 4 is 27.7 Å². The average Bonchev–Trinajstić information content (AvgIpc) is 3.41. The lowest BCUT2D eigenvalue weighted by atomic mass is 9.98. The number of fused-ring (bicyclic) bond motifs is 1. The first-order chi connectivity index (χ1) is 13.6. The number of nitrogens with two attached hydrogens (primary N) is 1. The quantitative estimate of drug-likeness (QED) is 0.769. The van der Waals surface area contributed by atoms with Crippen molar-refractivity contribution < 1.29 is 13.7 Å². The lowest BCUT2D eigenvalue weighted by Gasteiger charge is -2.25. The van der Waals surface area contributed by atoms with Gasteiger partial charge in [-0.05, 0) is 58.2 Å². The highest BCUT2D eigenvalue weighted by molar-refractivity contribution is 7.83. The van der Waals surface area contributed by atoms with Crippen molar-refractivity contribution in [2.75, 3.05) is 6.54 Å². The first kappa shape index (κ1) is 20.3. The summed E-state index contributed by atoms with van der Waals surface area (Å²) in [5.41, 5.74) is 5.19. The van der Waals surface area contributed by atoms with Gasteiger partial charge in [-0.15, -0.1) is 0 Å². The SMILES string of the molecule is CC(C)(C)C(=O)OCn1ccc2c(S(=O)N3CCC(N)C34CC4)cccc2c1=O. The van der Waals surface area contributed by atoms with Crippen molar-refractivity contribution in [3.8, 4) is 0 Å². The molecule has 29 heavy (non-hydrogen) atoms. The molecule has 1 aliphatic carbocycles. The maximum absolute atomic E-state index is 13.4. The fourth-order valence-corrected chi connectivity index (χ4v) is 5.65. The van der Waals surface area contributed by atoms with Crippen molar-refractivity contribution in [2.24, 2.45) is 11.1 Å². The highest BCUT2D eigenvalue weighted by atomic mass is 32.2. The van der Waals surface area contributed by atoms with Crippen molar-refractivity contribution in [2.45, 2.75) is 63.2 Å². The lowest BCUT2D eigenvalue weighted by molar-refractivity contribution is -0.157. The Hall–Kier alpha value is -2.03. The topological polar surface area (TPSA) is 94.6 Å². The number of esters is 1. The number of pyridine rings is 1. The van der Waals surface area contributed by atoms with Crippen molar-refractivity contribution in [1.82, 2.24) is 8.87 Å². The Morgan fingerprint density at radius 3 is 2.66 bits per heavy atom. The highest BCUT2D eigenvalue weighted by Gasteiger charge is 2.58. The fourth-order valence-electron chi connectivity index (χ4n) is 3.94. The van der Waals surface area contributed by atoms with Crippen molar-refractivity contribution in [3.63, 3.8) is 0 Å². The summed E-state index contributed by atoms with van der Waals surface area (Å²) >= 11 is 0. The van der Waals surface area contributed by atoms with Gasteiger partial charge in [-0.1, -0.05) is 6.07 Å². The van der Waals surface area contributed by atoms with Gasteiger partial charge in [0, 0.05) is 35.1 Å². The number of aromatic nitrogens is 1. The standard InChI is InChI=1S/C21H27N3O4S/c1-20(2,3)19(26)28-13-23-11-7-14-15(18(23)25)5-4-6-16(14)29(27)24-12-8-17(22)21(24)9-10-21/h4-7,11,17H,8-10,12-13,22H2,1-3H3. The van der Waals surface area contributed by atoms with E-state index in [9.17, 15) is 13.8 Å². The molecule has 1 aromatic carbocycles. The summed E-state index contributed by atoms with van der Waals surface area (Å²) < 4.78 is 22.0. The van der Waals surface area contributed by atoms with E-state index in [2.05, 4.69) is 0 Å². The predicted molar refractivity (Wildman–Crippen MR) is 111 cm³/mol. The van der Waals surface area contributed by atoms with Crippen LogP contribution >= 0.6 is 0 Å². The number of ether oxygens (including phenoxy) is 1. The van der Waals surface area contributed by atoms with E-state index in [4.69, 9.17) is 10.5 Å². The second kappa shape index (κ2) is 7.04. The van der Waals surface area contributed by atoms with E-state index < -0.39 is 16.4 Å². The van der Waals surface area contributed by atoms with Crippen molar-refractivity contribution in [3.05, 3.63) is 40.8 Å². The van der Waals surface area contributed by atoms with Gasteiger partial charge in [-0.2, -0.15) is 0 Å². The minimum Gasteiger partial charge on any atom is -0.443 e. The van der Waals surface area contributed by atoms with Crippen LogP contribution < -0.4 is 11.3 Å². The number of hydrogen-bond donors (Lipinski definition) is 1. The Labute approximate surface area is 172 Å². The van der Waals surface area contributed by atoms with Crippen LogP contribution in [0.25, 0.3) is 10.8 Å². The predicted octanol–water partition coefficient (Wildman–Crippen LogP) is 2.14. The third-order valence-electron chi connectivity index (χ3n) is 5.91. The number of benzene rings is 1. The van der Waals surface area contributed by atoms with Gasteiger partial charge < -0.3 is 10.5 Å². The summed E-state index contributed by atoms with van der Waals surface area (Å²) in [6.45, 7) is 5.83. The second-order valence-electron chi connectivity index (χ2n) is 8.97. The zero-order chi connectivity index (χ0) is 21.0. The summed E-state index contributed by atoms with van der Waals surface area (Å²) in [5, 5.41) is 1.11. The molecule has 1 saturated carbocycles. The van der Waals surface area contributed by atoms with E-state index in [1.54, 1.807) is 45.2 Å².